The number of nitrogens with zero attached hydrogens (tertiary/aromatic N) is 2. The SMILES string of the molecule is Clc1nc2cc(Br)cnc2s1. The van der Waals surface area contributed by atoms with E-state index in [9.17, 15) is 0 Å². The zero-order valence-electron chi connectivity index (χ0n) is 5.21. The summed E-state index contributed by atoms with van der Waals surface area (Å²) in [5.41, 5.74) is 0.842. The number of hydrogen-bond acceptors (Lipinski definition) is 3. The standard InChI is InChI=1S/C6H2BrClN2S/c7-3-1-4-5(9-2-3)11-6(8)10-4/h1-2H. The minimum atomic E-state index is 0.533. The van der Waals surface area contributed by atoms with Crippen molar-refractivity contribution >= 4 is 49.2 Å². The first-order valence-electron chi connectivity index (χ1n) is 2.83. The van der Waals surface area contributed by atoms with Crippen molar-refractivity contribution in [3.05, 3.63) is 21.2 Å². The lowest BCUT2D eigenvalue weighted by Gasteiger charge is -1.86. The van der Waals surface area contributed by atoms with Gasteiger partial charge < -0.3 is 0 Å². The molecule has 56 valence electrons. The van der Waals surface area contributed by atoms with Crippen molar-refractivity contribution in [2.75, 3.05) is 0 Å². The van der Waals surface area contributed by atoms with Crippen LogP contribution in [0.5, 0.6) is 0 Å². The second-order valence-corrected chi connectivity index (χ2v) is 4.42. The molecule has 2 aromatic rings. The molecule has 0 radical (unpaired) electrons. The van der Waals surface area contributed by atoms with E-state index in [1.54, 1.807) is 6.20 Å². The van der Waals surface area contributed by atoms with Crippen molar-refractivity contribution in [3.8, 4) is 0 Å². The third-order valence-electron chi connectivity index (χ3n) is 1.19. The molecule has 5 heteroatoms. The molecule has 0 bridgehead atoms. The highest BCUT2D eigenvalue weighted by Gasteiger charge is 2.01. The minimum absolute atomic E-state index is 0.533. The molecule has 0 unspecified atom stereocenters. The van der Waals surface area contributed by atoms with Gasteiger partial charge in [0.2, 0.25) is 0 Å². The molecule has 0 fully saturated rings. The summed E-state index contributed by atoms with van der Waals surface area (Å²) < 4.78 is 1.46. The molecule has 0 saturated carbocycles. The molecule has 11 heavy (non-hydrogen) atoms. The van der Waals surface area contributed by atoms with E-state index in [-0.39, 0.29) is 0 Å². The number of aromatic nitrogens is 2. The summed E-state index contributed by atoms with van der Waals surface area (Å²) in [6.45, 7) is 0. The summed E-state index contributed by atoms with van der Waals surface area (Å²) in [5.74, 6) is 0. The predicted octanol–water partition coefficient (Wildman–Crippen LogP) is 3.11. The van der Waals surface area contributed by atoms with E-state index in [2.05, 4.69) is 25.9 Å². The van der Waals surface area contributed by atoms with E-state index in [0.29, 0.717) is 4.47 Å². The lowest BCUT2D eigenvalue weighted by Crippen LogP contribution is -1.72. The van der Waals surface area contributed by atoms with Gasteiger partial charge in [-0.05, 0) is 22.0 Å². The smallest absolute Gasteiger partial charge is 0.186 e. The number of fused-ring (bicyclic) bond motifs is 1. The van der Waals surface area contributed by atoms with Gasteiger partial charge in [0.05, 0.1) is 0 Å². The fraction of sp³-hybridized carbons (Fsp3) is 0. The quantitative estimate of drug-likeness (QED) is 0.717. The summed E-state index contributed by atoms with van der Waals surface area (Å²) >= 11 is 10.4. The second kappa shape index (κ2) is 2.69. The Balaban J connectivity index is 2.82. The Morgan fingerprint density at radius 2 is 2.36 bits per heavy atom. The van der Waals surface area contributed by atoms with Crippen LogP contribution in [0.25, 0.3) is 10.3 Å². The summed E-state index contributed by atoms with van der Waals surface area (Å²) in [6.07, 6.45) is 1.73. The van der Waals surface area contributed by atoms with E-state index < -0.39 is 0 Å². The fourth-order valence-electron chi connectivity index (χ4n) is 0.772. The van der Waals surface area contributed by atoms with E-state index in [1.165, 1.54) is 11.3 Å². The van der Waals surface area contributed by atoms with Crippen molar-refractivity contribution in [1.82, 2.24) is 9.97 Å². The maximum absolute atomic E-state index is 5.69. The van der Waals surface area contributed by atoms with Gasteiger partial charge in [-0.25, -0.2) is 9.97 Å². The lowest BCUT2D eigenvalue weighted by atomic mass is 10.5. The molecule has 0 amide bonds. The topological polar surface area (TPSA) is 25.8 Å². The third kappa shape index (κ3) is 1.38. The molecule has 0 spiro atoms. The van der Waals surface area contributed by atoms with Crippen LogP contribution in [0.2, 0.25) is 4.47 Å². The molecular formula is C6H2BrClN2S. The third-order valence-corrected chi connectivity index (χ3v) is 2.71. The van der Waals surface area contributed by atoms with Crippen molar-refractivity contribution in [2.45, 2.75) is 0 Å². The monoisotopic (exact) mass is 248 g/mol. The van der Waals surface area contributed by atoms with Crippen LogP contribution in [0.4, 0.5) is 0 Å². The predicted molar refractivity (Wildman–Crippen MR) is 50.1 cm³/mol. The average molecular weight is 250 g/mol. The Kier molecular flexibility index (Phi) is 1.83. The highest BCUT2D eigenvalue weighted by atomic mass is 79.9. The Labute approximate surface area is 80.4 Å². The largest absolute Gasteiger partial charge is 0.242 e. The van der Waals surface area contributed by atoms with E-state index >= 15 is 0 Å². The average Bonchev–Trinajstić information content (AvgIpc) is 2.27. The highest BCUT2D eigenvalue weighted by Crippen LogP contribution is 2.25. The van der Waals surface area contributed by atoms with Crippen LogP contribution in [-0.2, 0) is 0 Å². The summed E-state index contributed by atoms with van der Waals surface area (Å²) in [4.78, 5) is 9.07. The zero-order chi connectivity index (χ0) is 7.84. The van der Waals surface area contributed by atoms with Crippen LogP contribution >= 0.6 is 38.9 Å². The highest BCUT2D eigenvalue weighted by molar-refractivity contribution is 9.10. The molecule has 0 aliphatic carbocycles. The van der Waals surface area contributed by atoms with E-state index in [4.69, 9.17) is 11.6 Å². The van der Waals surface area contributed by atoms with Crippen LogP contribution < -0.4 is 0 Å². The molecule has 2 rings (SSSR count). The fourth-order valence-corrected chi connectivity index (χ4v) is 2.02. The van der Waals surface area contributed by atoms with Crippen LogP contribution in [0.15, 0.2) is 16.7 Å². The van der Waals surface area contributed by atoms with Crippen LogP contribution in [0.3, 0.4) is 0 Å². The number of pyridine rings is 1. The molecule has 0 aliphatic heterocycles. The van der Waals surface area contributed by atoms with Gasteiger partial charge in [0.25, 0.3) is 0 Å². The first-order valence-corrected chi connectivity index (χ1v) is 4.82. The molecule has 0 atom stereocenters. The van der Waals surface area contributed by atoms with Crippen LogP contribution in [-0.4, -0.2) is 9.97 Å². The number of rotatable bonds is 0. The molecule has 2 nitrogen and oxygen atoms in total. The lowest BCUT2D eigenvalue weighted by molar-refractivity contribution is 1.39. The zero-order valence-corrected chi connectivity index (χ0v) is 8.37. The number of hydrogen-bond donors (Lipinski definition) is 0. The second-order valence-electron chi connectivity index (χ2n) is 1.94. The summed E-state index contributed by atoms with van der Waals surface area (Å²) in [6, 6.07) is 1.89. The van der Waals surface area contributed by atoms with Gasteiger partial charge in [-0.15, -0.1) is 0 Å². The molecule has 2 aromatic heterocycles. The van der Waals surface area contributed by atoms with Crippen molar-refractivity contribution in [3.63, 3.8) is 0 Å². The van der Waals surface area contributed by atoms with Gasteiger partial charge in [0.15, 0.2) is 4.47 Å². The Morgan fingerprint density at radius 1 is 1.55 bits per heavy atom. The first-order chi connectivity index (χ1) is 5.25. The van der Waals surface area contributed by atoms with Gasteiger partial charge in [0.1, 0.15) is 10.3 Å². The first kappa shape index (κ1) is 7.46. The van der Waals surface area contributed by atoms with Crippen LogP contribution in [0, 0.1) is 0 Å². The maximum Gasteiger partial charge on any atom is 0.186 e. The molecule has 2 heterocycles. The number of halogens is 2. The van der Waals surface area contributed by atoms with Gasteiger partial charge >= 0.3 is 0 Å². The normalized spacial score (nSPS) is 10.7. The number of thiazole rings is 1. The van der Waals surface area contributed by atoms with Gasteiger partial charge in [0, 0.05) is 10.7 Å². The molecule has 0 saturated heterocycles. The summed E-state index contributed by atoms with van der Waals surface area (Å²) in [7, 11) is 0. The van der Waals surface area contributed by atoms with Crippen molar-refractivity contribution < 1.29 is 0 Å². The molecule has 0 N–H and O–H groups in total. The Morgan fingerprint density at radius 3 is 3.18 bits per heavy atom. The van der Waals surface area contributed by atoms with Crippen LogP contribution in [0.1, 0.15) is 0 Å². The van der Waals surface area contributed by atoms with Crippen molar-refractivity contribution in [1.29, 1.82) is 0 Å². The summed E-state index contributed by atoms with van der Waals surface area (Å²) in [5, 5.41) is 0. The van der Waals surface area contributed by atoms with Gasteiger partial charge in [-0.2, -0.15) is 0 Å². The molecule has 0 aliphatic rings. The van der Waals surface area contributed by atoms with E-state index in [0.717, 1.165) is 14.8 Å². The molecular weight excluding hydrogens is 248 g/mol. The Hall–Kier alpha value is -0.190. The molecule has 0 aromatic carbocycles. The van der Waals surface area contributed by atoms with Crippen molar-refractivity contribution in [2.24, 2.45) is 0 Å². The minimum Gasteiger partial charge on any atom is -0.242 e. The van der Waals surface area contributed by atoms with Gasteiger partial charge in [-0.1, -0.05) is 22.9 Å². The maximum atomic E-state index is 5.69. The van der Waals surface area contributed by atoms with E-state index in [1.807, 2.05) is 6.07 Å². The van der Waals surface area contributed by atoms with Gasteiger partial charge in [-0.3, -0.25) is 0 Å². The Bertz CT molecular complexity index is 400.